The molecule has 47 heavy (non-hydrogen) atoms. The van der Waals surface area contributed by atoms with Gasteiger partial charge in [0.15, 0.2) is 5.82 Å². The first-order chi connectivity index (χ1) is 22.5. The Morgan fingerprint density at radius 2 is 1.81 bits per heavy atom. The average molecular weight is 650 g/mol. The summed E-state index contributed by atoms with van der Waals surface area (Å²) in [5.41, 5.74) is 2.50. The predicted octanol–water partition coefficient (Wildman–Crippen LogP) is 5.01. The molecule has 0 bridgehead atoms. The number of aliphatic hydroxyl groups is 1. The van der Waals surface area contributed by atoms with Gasteiger partial charge in [-0.2, -0.15) is 0 Å². The number of likely N-dealkylation sites (N-methyl/N-ethyl adjacent to an activating group) is 1. The van der Waals surface area contributed by atoms with Crippen LogP contribution in [0.1, 0.15) is 45.6 Å². The first kappa shape index (κ1) is 34.1. The van der Waals surface area contributed by atoms with Crippen LogP contribution < -0.4 is 4.74 Å². The van der Waals surface area contributed by atoms with Gasteiger partial charge in [0.05, 0.1) is 30.8 Å². The van der Waals surface area contributed by atoms with E-state index in [0.717, 1.165) is 13.1 Å². The molecule has 0 spiro atoms. The van der Waals surface area contributed by atoms with Crippen LogP contribution in [0.3, 0.4) is 0 Å². The lowest BCUT2D eigenvalue weighted by molar-refractivity contribution is -0.151. The summed E-state index contributed by atoms with van der Waals surface area (Å²) in [5, 5.41) is 18.9. The lowest BCUT2D eigenvalue weighted by atomic mass is 9.91. The number of hydrogen-bond acceptors (Lipinski definition) is 9. The Balaban J connectivity index is 1.42. The normalized spacial score (nSPS) is 25.9. The van der Waals surface area contributed by atoms with Gasteiger partial charge in [0.25, 0.3) is 0 Å². The van der Waals surface area contributed by atoms with E-state index >= 15 is 4.39 Å². The molecule has 1 amide bonds. The van der Waals surface area contributed by atoms with Crippen molar-refractivity contribution in [2.45, 2.75) is 58.3 Å². The molecule has 2 aliphatic rings. The van der Waals surface area contributed by atoms with E-state index in [4.69, 9.17) is 14.2 Å². The summed E-state index contributed by atoms with van der Waals surface area (Å²) in [4.78, 5) is 29.9. The fraction of sp³-hybridized carbons (Fsp3) is 0.486. The third-order valence-electron chi connectivity index (χ3n) is 8.95. The van der Waals surface area contributed by atoms with Crippen molar-refractivity contribution in [1.29, 1.82) is 0 Å². The van der Waals surface area contributed by atoms with Gasteiger partial charge in [0, 0.05) is 32.1 Å². The number of cyclic esters (lactones) is 1. The average Bonchev–Trinajstić information content (AvgIpc) is 3.48. The van der Waals surface area contributed by atoms with Crippen molar-refractivity contribution in [2.75, 3.05) is 40.3 Å². The van der Waals surface area contributed by atoms with Gasteiger partial charge < -0.3 is 29.1 Å². The molecule has 11 nitrogen and oxygen atoms in total. The van der Waals surface area contributed by atoms with Gasteiger partial charge in [-0.15, -0.1) is 5.10 Å². The molecular weight excluding hydrogens is 605 g/mol. The number of piperazine rings is 1. The quantitative estimate of drug-likeness (QED) is 0.301. The molecule has 5 atom stereocenters. The number of halogens is 1. The second-order valence-corrected chi connectivity index (χ2v) is 12.7. The SMILES string of the molecule is COc1ccc(-n2nnc3c(F)cc(/C=C(\C)[C@H]4OC(=O)C[C@@H](O)CC[C@@H](C)[C@H](OC(=O)N5CCN(C)CC5)/C=C/[C@@H]4C)cc32)cc1. The zero-order valence-electron chi connectivity index (χ0n) is 27.6. The van der Waals surface area contributed by atoms with Gasteiger partial charge >= 0.3 is 12.1 Å². The van der Waals surface area contributed by atoms with Crippen molar-refractivity contribution in [3.63, 3.8) is 0 Å². The van der Waals surface area contributed by atoms with Crippen LogP contribution in [0.5, 0.6) is 5.75 Å². The number of aromatic nitrogens is 3. The number of aliphatic hydroxyl groups excluding tert-OH is 1. The molecule has 0 saturated carbocycles. The summed E-state index contributed by atoms with van der Waals surface area (Å²) in [7, 11) is 3.61. The Morgan fingerprint density at radius 3 is 2.51 bits per heavy atom. The van der Waals surface area contributed by atoms with Crippen LogP contribution in [0.15, 0.2) is 54.1 Å². The molecule has 3 aromatic rings. The Labute approximate surface area is 274 Å². The number of carbonyl (C=O) groups excluding carboxylic acids is 2. The van der Waals surface area contributed by atoms with Crippen LogP contribution in [0, 0.1) is 17.7 Å². The van der Waals surface area contributed by atoms with E-state index in [1.165, 1.54) is 6.07 Å². The maximum absolute atomic E-state index is 15.3. The minimum atomic E-state index is -0.898. The molecule has 0 aliphatic carbocycles. The molecule has 1 N–H and O–H groups in total. The van der Waals surface area contributed by atoms with Crippen molar-refractivity contribution in [1.82, 2.24) is 24.8 Å². The number of benzene rings is 2. The van der Waals surface area contributed by atoms with E-state index in [9.17, 15) is 14.7 Å². The summed E-state index contributed by atoms with van der Waals surface area (Å²) in [6.45, 7) is 8.46. The van der Waals surface area contributed by atoms with Crippen molar-refractivity contribution in [2.24, 2.45) is 11.8 Å². The highest BCUT2D eigenvalue weighted by molar-refractivity contribution is 5.80. The lowest BCUT2D eigenvalue weighted by Gasteiger charge is -2.33. The molecule has 1 fully saturated rings. The van der Waals surface area contributed by atoms with E-state index in [0.29, 0.717) is 54.0 Å². The molecule has 0 radical (unpaired) electrons. The topological polar surface area (TPSA) is 119 Å². The smallest absolute Gasteiger partial charge is 0.410 e. The minimum Gasteiger partial charge on any atom is -0.497 e. The van der Waals surface area contributed by atoms with Crippen molar-refractivity contribution >= 4 is 29.2 Å². The molecule has 3 heterocycles. The van der Waals surface area contributed by atoms with Crippen LogP contribution in [0.25, 0.3) is 22.8 Å². The minimum absolute atomic E-state index is 0.0890. The highest BCUT2D eigenvalue weighted by Crippen LogP contribution is 2.28. The van der Waals surface area contributed by atoms with Gasteiger partial charge in [-0.3, -0.25) is 4.79 Å². The van der Waals surface area contributed by atoms with Crippen LogP contribution in [0.2, 0.25) is 0 Å². The van der Waals surface area contributed by atoms with E-state index in [-0.39, 0.29) is 29.9 Å². The van der Waals surface area contributed by atoms with Gasteiger partial charge in [0.1, 0.15) is 23.5 Å². The zero-order valence-corrected chi connectivity index (χ0v) is 27.6. The molecule has 0 unspecified atom stereocenters. The van der Waals surface area contributed by atoms with Gasteiger partial charge in [-0.25, -0.2) is 13.9 Å². The number of methoxy groups -OCH3 is 1. The largest absolute Gasteiger partial charge is 0.497 e. The second-order valence-electron chi connectivity index (χ2n) is 12.7. The predicted molar refractivity (Wildman–Crippen MR) is 176 cm³/mol. The summed E-state index contributed by atoms with van der Waals surface area (Å²) in [5.74, 6) is -0.796. The number of amides is 1. The zero-order chi connectivity index (χ0) is 33.7. The number of ether oxygens (including phenoxy) is 3. The number of rotatable bonds is 5. The molecule has 1 saturated heterocycles. The summed E-state index contributed by atoms with van der Waals surface area (Å²) in [6.07, 6.45) is 3.77. The van der Waals surface area contributed by atoms with E-state index in [2.05, 4.69) is 15.2 Å². The van der Waals surface area contributed by atoms with Gasteiger partial charge in [0.2, 0.25) is 0 Å². The van der Waals surface area contributed by atoms with E-state index < -0.39 is 30.1 Å². The van der Waals surface area contributed by atoms with Crippen LogP contribution >= 0.6 is 0 Å². The highest BCUT2D eigenvalue weighted by atomic mass is 19.1. The second kappa shape index (κ2) is 15.1. The number of carbonyl (C=O) groups is 2. The molecule has 12 heteroatoms. The Kier molecular flexibility index (Phi) is 10.9. The number of nitrogens with zero attached hydrogens (tertiary/aromatic N) is 5. The highest BCUT2D eigenvalue weighted by Gasteiger charge is 2.29. The number of esters is 1. The van der Waals surface area contributed by atoms with Crippen molar-refractivity contribution in [3.8, 4) is 11.4 Å². The van der Waals surface area contributed by atoms with Crippen molar-refractivity contribution in [3.05, 3.63) is 65.5 Å². The molecule has 2 aromatic carbocycles. The van der Waals surface area contributed by atoms with Gasteiger partial charge in [-0.1, -0.05) is 31.2 Å². The number of fused-ring (bicyclic) bond motifs is 1. The van der Waals surface area contributed by atoms with Crippen LogP contribution in [0.4, 0.5) is 9.18 Å². The lowest BCUT2D eigenvalue weighted by Crippen LogP contribution is -2.48. The van der Waals surface area contributed by atoms with Crippen LogP contribution in [-0.2, 0) is 14.3 Å². The maximum Gasteiger partial charge on any atom is 0.410 e. The van der Waals surface area contributed by atoms with Gasteiger partial charge in [-0.05, 0) is 86.3 Å². The first-order valence-corrected chi connectivity index (χ1v) is 16.1. The molecule has 5 rings (SSSR count). The Bertz CT molecular complexity index is 1610. The molecular formula is C35H44FN5O6. The molecule has 1 aromatic heterocycles. The summed E-state index contributed by atoms with van der Waals surface area (Å²) in [6, 6.07) is 10.3. The first-order valence-electron chi connectivity index (χ1n) is 16.1. The third kappa shape index (κ3) is 8.36. The maximum atomic E-state index is 15.3. The summed E-state index contributed by atoms with van der Waals surface area (Å²) >= 11 is 0. The monoisotopic (exact) mass is 649 g/mol. The standard InChI is InChI=1S/C35H44FN5O6/c1-22-6-10-27(42)21-32(43)47-34(23(2)7-13-31(22)46-35(44)40-16-14-39(4)15-17-40)24(3)18-25-19-29(36)33-30(20-25)41(38-37-33)26-8-11-28(45-5)12-9-26/h7-9,11-13,18-20,22-23,27,31,34,42H,6,10,14-17,21H2,1-5H3/b13-7+,24-18+/t22-,23+,27+,31-,34+/m1/s1. The fourth-order valence-electron chi connectivity index (χ4n) is 5.97. The fourth-order valence-corrected chi connectivity index (χ4v) is 5.97. The summed E-state index contributed by atoms with van der Waals surface area (Å²) < 4.78 is 34.0. The Morgan fingerprint density at radius 1 is 1.09 bits per heavy atom. The van der Waals surface area contributed by atoms with E-state index in [1.54, 1.807) is 41.0 Å². The molecule has 252 valence electrons. The van der Waals surface area contributed by atoms with Crippen LogP contribution in [-0.4, -0.2) is 101 Å². The number of hydrogen-bond donors (Lipinski definition) is 1. The van der Waals surface area contributed by atoms with E-state index in [1.807, 2.05) is 52.1 Å². The molecule has 2 aliphatic heterocycles. The third-order valence-corrected chi connectivity index (χ3v) is 8.95. The van der Waals surface area contributed by atoms with Crippen molar-refractivity contribution < 1.29 is 33.3 Å². The Hall–Kier alpha value is -4.29.